The highest BCUT2D eigenvalue weighted by Gasteiger charge is 2.27. The average Bonchev–Trinajstić information content (AvgIpc) is 2.73. The van der Waals surface area contributed by atoms with Crippen molar-refractivity contribution < 1.29 is 19.1 Å². The number of hydrogen-bond acceptors (Lipinski definition) is 7. The maximum atomic E-state index is 13.0. The normalized spacial score (nSPS) is 11.3. The van der Waals surface area contributed by atoms with Gasteiger partial charge in [-0.1, -0.05) is 24.3 Å². The fraction of sp³-hybridized carbons (Fsp3) is 0.227. The quantitative estimate of drug-likeness (QED) is 0.317. The van der Waals surface area contributed by atoms with Crippen LogP contribution in [0.4, 0.5) is 5.69 Å². The van der Waals surface area contributed by atoms with E-state index in [1.807, 2.05) is 30.1 Å². The molecule has 1 aliphatic carbocycles. The molecule has 148 valence electrons. The highest BCUT2D eigenvalue weighted by molar-refractivity contribution is 6.06. The van der Waals surface area contributed by atoms with Gasteiger partial charge in [-0.05, 0) is 19.1 Å². The first kappa shape index (κ1) is 18.9. The molecule has 1 N–H and O–H groups in total. The Kier molecular flexibility index (Phi) is 4.90. The van der Waals surface area contributed by atoms with Crippen molar-refractivity contribution in [3.8, 4) is 11.5 Å². The Morgan fingerprint density at radius 1 is 1.21 bits per heavy atom. The Morgan fingerprint density at radius 2 is 1.97 bits per heavy atom. The van der Waals surface area contributed by atoms with Gasteiger partial charge in [0.25, 0.3) is 0 Å². The molecule has 0 amide bonds. The minimum Gasteiger partial charge on any atom is -0.462 e. The molecule has 2 aromatic rings. The van der Waals surface area contributed by atoms with Crippen molar-refractivity contribution in [3.63, 3.8) is 0 Å². The second-order valence-corrected chi connectivity index (χ2v) is 6.66. The Hall–Kier alpha value is -3.45. The van der Waals surface area contributed by atoms with Crippen molar-refractivity contribution >= 4 is 33.5 Å². The first-order valence-corrected chi connectivity index (χ1v) is 9.33. The number of aliphatic hydroxyl groups is 1. The molecule has 7 heteroatoms. The number of likely N-dealkylation sites (N-methyl/N-ethyl adjacent to an activating group) is 1. The largest absolute Gasteiger partial charge is 0.462 e. The van der Waals surface area contributed by atoms with Gasteiger partial charge in [-0.25, -0.2) is 9.78 Å². The van der Waals surface area contributed by atoms with E-state index in [1.165, 1.54) is 0 Å². The molecule has 0 atom stereocenters. The van der Waals surface area contributed by atoms with Crippen molar-refractivity contribution in [2.75, 3.05) is 31.7 Å². The van der Waals surface area contributed by atoms with E-state index in [2.05, 4.69) is 4.98 Å². The molecule has 0 unspecified atom stereocenters. The lowest BCUT2D eigenvalue weighted by atomic mass is 9.99. The molecule has 29 heavy (non-hydrogen) atoms. The first-order chi connectivity index (χ1) is 14.0. The second-order valence-electron chi connectivity index (χ2n) is 6.66. The highest BCUT2D eigenvalue weighted by atomic mass is 16.5. The Morgan fingerprint density at radius 3 is 2.69 bits per heavy atom. The van der Waals surface area contributed by atoms with Gasteiger partial charge in [0.05, 0.1) is 13.2 Å². The number of carbonyl (C=O) groups excluding carboxylic acids is 1. The number of ether oxygens (including phenoxy) is 1. The minimum absolute atomic E-state index is 0.0141. The fourth-order valence-corrected chi connectivity index (χ4v) is 3.39. The number of anilines is 1. The maximum Gasteiger partial charge on any atom is 0.346 e. The lowest BCUT2D eigenvalue weighted by Crippen LogP contribution is -2.21. The molecule has 0 saturated heterocycles. The number of aromatic nitrogens is 1. The lowest BCUT2D eigenvalue weighted by molar-refractivity contribution is 0.0524. The van der Waals surface area contributed by atoms with Crippen LogP contribution in [0.1, 0.15) is 17.3 Å². The van der Waals surface area contributed by atoms with E-state index in [9.17, 15) is 9.59 Å². The summed E-state index contributed by atoms with van der Waals surface area (Å²) >= 11 is 0. The van der Waals surface area contributed by atoms with Crippen LogP contribution in [0.5, 0.6) is 0 Å². The average molecular weight is 392 g/mol. The molecule has 0 bridgehead atoms. The number of fused-ring (bicyclic) bond motifs is 4. The van der Waals surface area contributed by atoms with E-state index < -0.39 is 11.4 Å². The van der Waals surface area contributed by atoms with Crippen molar-refractivity contribution in [1.82, 2.24) is 4.98 Å². The zero-order valence-electron chi connectivity index (χ0n) is 16.1. The van der Waals surface area contributed by atoms with Crippen LogP contribution >= 0.6 is 0 Å². The van der Waals surface area contributed by atoms with Gasteiger partial charge in [0.2, 0.25) is 5.43 Å². The number of hydrogen-bond donors (Lipinski definition) is 1. The van der Waals surface area contributed by atoms with Crippen molar-refractivity contribution in [1.29, 1.82) is 0 Å². The fourth-order valence-electron chi connectivity index (χ4n) is 3.39. The topological polar surface area (TPSA) is 92.9 Å². The van der Waals surface area contributed by atoms with Crippen LogP contribution in [0.25, 0.3) is 33.3 Å². The Labute approximate surface area is 166 Å². The van der Waals surface area contributed by atoms with Gasteiger partial charge in [-0.15, -0.1) is 0 Å². The molecule has 0 aromatic heterocycles. The highest BCUT2D eigenvalue weighted by Crippen LogP contribution is 2.34. The van der Waals surface area contributed by atoms with Gasteiger partial charge < -0.3 is 19.2 Å². The van der Waals surface area contributed by atoms with Crippen LogP contribution in [0, 0.1) is 0 Å². The first-order valence-electron chi connectivity index (χ1n) is 9.33. The third-order valence-corrected chi connectivity index (χ3v) is 4.84. The molecule has 0 spiro atoms. The van der Waals surface area contributed by atoms with Crippen molar-refractivity contribution in [3.05, 3.63) is 58.3 Å². The maximum absolute atomic E-state index is 13.0. The molecule has 7 nitrogen and oxygen atoms in total. The molecular formula is C22H20N2O5. The summed E-state index contributed by atoms with van der Waals surface area (Å²) in [4.78, 5) is 32.2. The summed E-state index contributed by atoms with van der Waals surface area (Å²) in [6, 6.07) is 12.5. The van der Waals surface area contributed by atoms with E-state index in [1.54, 1.807) is 31.2 Å². The number of esters is 1. The van der Waals surface area contributed by atoms with E-state index in [-0.39, 0.29) is 24.5 Å². The second kappa shape index (κ2) is 7.52. The summed E-state index contributed by atoms with van der Waals surface area (Å²) < 4.78 is 11.2. The van der Waals surface area contributed by atoms with Gasteiger partial charge in [0.1, 0.15) is 11.2 Å². The Bertz CT molecular complexity index is 1250. The van der Waals surface area contributed by atoms with Crippen LogP contribution in [0.2, 0.25) is 0 Å². The zero-order valence-corrected chi connectivity index (χ0v) is 16.1. The summed E-state index contributed by atoms with van der Waals surface area (Å²) in [5.74, 6) is -0.617. The Balaban J connectivity index is 2.07. The SMILES string of the molecule is CCOC(=O)c1c2oc3cc(N(C)CCO)ccc3nc-2c2ccccc2c1=O. The minimum atomic E-state index is -0.730. The molecule has 0 saturated carbocycles. The van der Waals surface area contributed by atoms with Crippen LogP contribution in [-0.4, -0.2) is 42.9 Å². The van der Waals surface area contributed by atoms with Gasteiger partial charge >= 0.3 is 5.97 Å². The number of nitrogens with zero attached hydrogens (tertiary/aromatic N) is 2. The third-order valence-electron chi connectivity index (χ3n) is 4.84. The number of aliphatic hydroxyl groups excluding tert-OH is 1. The molecule has 0 fully saturated rings. The molecule has 2 aromatic carbocycles. The molecule has 4 rings (SSSR count). The molecular weight excluding hydrogens is 372 g/mol. The third kappa shape index (κ3) is 3.19. The lowest BCUT2D eigenvalue weighted by Gasteiger charge is -2.18. The molecule has 1 aliphatic heterocycles. The number of rotatable bonds is 5. The predicted molar refractivity (Wildman–Crippen MR) is 111 cm³/mol. The van der Waals surface area contributed by atoms with Crippen LogP contribution in [0.3, 0.4) is 0 Å². The summed E-state index contributed by atoms with van der Waals surface area (Å²) in [5.41, 5.74) is 1.69. The van der Waals surface area contributed by atoms with E-state index >= 15 is 0 Å². The van der Waals surface area contributed by atoms with Gasteiger partial charge in [-0.2, -0.15) is 0 Å². The van der Waals surface area contributed by atoms with Crippen LogP contribution < -0.4 is 10.3 Å². The summed E-state index contributed by atoms with van der Waals surface area (Å²) in [6.07, 6.45) is 0. The van der Waals surface area contributed by atoms with Crippen LogP contribution in [0.15, 0.2) is 51.7 Å². The van der Waals surface area contributed by atoms with Gasteiger partial charge in [-0.3, -0.25) is 4.79 Å². The van der Waals surface area contributed by atoms with Crippen molar-refractivity contribution in [2.45, 2.75) is 6.92 Å². The summed E-state index contributed by atoms with van der Waals surface area (Å²) in [5, 5.41) is 10.2. The predicted octanol–water partition coefficient (Wildman–Crippen LogP) is 3.05. The molecule has 0 radical (unpaired) electrons. The van der Waals surface area contributed by atoms with Crippen molar-refractivity contribution in [2.24, 2.45) is 0 Å². The molecule has 2 aliphatic rings. The van der Waals surface area contributed by atoms with E-state index in [0.29, 0.717) is 34.1 Å². The van der Waals surface area contributed by atoms with E-state index in [4.69, 9.17) is 14.3 Å². The molecule has 1 heterocycles. The number of benzene rings is 3. The standard InChI is InChI=1S/C22H20N2O5/c1-3-28-22(27)18-20(26)15-7-5-4-6-14(15)19-21(18)29-17-12-13(24(2)10-11-25)8-9-16(17)23-19/h4-9,12,25H,3,10-11H2,1-2H3. The number of carbonyl (C=O) groups is 1. The summed E-state index contributed by atoms with van der Waals surface area (Å²) in [6.45, 7) is 2.29. The van der Waals surface area contributed by atoms with Gasteiger partial charge in [0.15, 0.2) is 16.9 Å². The zero-order chi connectivity index (χ0) is 20.5. The monoisotopic (exact) mass is 392 g/mol. The van der Waals surface area contributed by atoms with Crippen LogP contribution in [-0.2, 0) is 4.74 Å². The summed E-state index contributed by atoms with van der Waals surface area (Å²) in [7, 11) is 1.85. The van der Waals surface area contributed by atoms with Gasteiger partial charge in [0, 0.05) is 36.1 Å². The van der Waals surface area contributed by atoms with E-state index in [0.717, 1.165) is 5.69 Å². The smallest absolute Gasteiger partial charge is 0.346 e.